The highest BCUT2D eigenvalue weighted by atomic mass is 16.3. The number of rotatable bonds is 7. The van der Waals surface area contributed by atoms with Gasteiger partial charge >= 0.3 is 0 Å². The van der Waals surface area contributed by atoms with Gasteiger partial charge in [-0.3, -0.25) is 9.69 Å². The molecule has 0 unspecified atom stereocenters. The Morgan fingerprint density at radius 2 is 2.00 bits per heavy atom. The first kappa shape index (κ1) is 16.0. The average molecular weight is 293 g/mol. The second-order valence-electron chi connectivity index (χ2n) is 5.90. The molecule has 0 amide bonds. The minimum absolute atomic E-state index is 0.00410. The van der Waals surface area contributed by atoms with Crippen LogP contribution in [0.15, 0.2) is 23.1 Å². The number of aromatic nitrogens is 1. The Hall–Kier alpha value is -1.33. The molecule has 5 heteroatoms. The van der Waals surface area contributed by atoms with E-state index < -0.39 is 0 Å². The van der Waals surface area contributed by atoms with Crippen LogP contribution in [0.1, 0.15) is 38.5 Å². The third-order valence-corrected chi connectivity index (χ3v) is 4.33. The first-order valence-electron chi connectivity index (χ1n) is 8.01. The highest BCUT2D eigenvalue weighted by Gasteiger charge is 2.20. The molecule has 0 saturated heterocycles. The van der Waals surface area contributed by atoms with Gasteiger partial charge in [-0.1, -0.05) is 19.3 Å². The third-order valence-electron chi connectivity index (χ3n) is 4.33. The van der Waals surface area contributed by atoms with E-state index in [0.717, 1.165) is 19.5 Å². The zero-order valence-electron chi connectivity index (χ0n) is 12.7. The lowest BCUT2D eigenvalue weighted by Crippen LogP contribution is -2.39. The number of anilines is 1. The van der Waals surface area contributed by atoms with E-state index in [1.54, 1.807) is 16.8 Å². The highest BCUT2D eigenvalue weighted by molar-refractivity contribution is 5.33. The Kier molecular flexibility index (Phi) is 6.26. The molecule has 3 N–H and O–H groups in total. The number of aryl methyl sites for hydroxylation is 1. The standard InChI is InChI=1S/C16H27N3O2/c17-14-7-8-16(21)19(13-14)10-4-9-18(11-12-20)15-5-2-1-3-6-15/h7-8,13,15,20H,1-6,9-12,17H2. The van der Waals surface area contributed by atoms with Gasteiger partial charge in [0.25, 0.3) is 5.56 Å². The van der Waals surface area contributed by atoms with Crippen LogP contribution in [-0.2, 0) is 6.54 Å². The number of pyridine rings is 1. The molecule has 0 radical (unpaired) electrons. The van der Waals surface area contributed by atoms with E-state index in [1.807, 2.05) is 0 Å². The van der Waals surface area contributed by atoms with E-state index in [-0.39, 0.29) is 12.2 Å². The van der Waals surface area contributed by atoms with Crippen molar-refractivity contribution in [2.24, 2.45) is 0 Å². The molecule has 0 aromatic carbocycles. The van der Waals surface area contributed by atoms with Crippen LogP contribution >= 0.6 is 0 Å². The highest BCUT2D eigenvalue weighted by Crippen LogP contribution is 2.22. The predicted octanol–water partition coefficient (Wildman–Crippen LogP) is 1.45. The summed E-state index contributed by atoms with van der Waals surface area (Å²) in [6.45, 7) is 2.54. The Labute approximate surface area is 126 Å². The average Bonchev–Trinajstić information content (AvgIpc) is 2.51. The first-order chi connectivity index (χ1) is 10.2. The van der Waals surface area contributed by atoms with Gasteiger partial charge in [-0.05, 0) is 25.3 Å². The Morgan fingerprint density at radius 1 is 1.24 bits per heavy atom. The molecular weight excluding hydrogens is 266 g/mol. The molecule has 1 aromatic rings. The van der Waals surface area contributed by atoms with Crippen molar-refractivity contribution in [3.8, 4) is 0 Å². The SMILES string of the molecule is Nc1ccc(=O)n(CCCN(CCO)C2CCCCC2)c1. The van der Waals surface area contributed by atoms with Gasteiger partial charge in [-0.25, -0.2) is 0 Å². The van der Waals surface area contributed by atoms with E-state index in [0.29, 0.717) is 18.3 Å². The second kappa shape index (κ2) is 8.20. The molecule has 0 bridgehead atoms. The molecule has 1 aliphatic rings. The molecule has 1 fully saturated rings. The third kappa shape index (κ3) is 4.86. The zero-order valence-corrected chi connectivity index (χ0v) is 12.7. The summed E-state index contributed by atoms with van der Waals surface area (Å²) in [7, 11) is 0. The van der Waals surface area contributed by atoms with E-state index in [2.05, 4.69) is 4.90 Å². The minimum Gasteiger partial charge on any atom is -0.398 e. The fourth-order valence-electron chi connectivity index (χ4n) is 3.22. The molecule has 0 atom stereocenters. The van der Waals surface area contributed by atoms with Crippen LogP contribution in [0.2, 0.25) is 0 Å². The smallest absolute Gasteiger partial charge is 0.250 e. The molecular formula is C16H27N3O2. The normalized spacial score (nSPS) is 16.5. The number of hydrogen-bond acceptors (Lipinski definition) is 4. The monoisotopic (exact) mass is 293 g/mol. The number of nitrogen functional groups attached to an aromatic ring is 1. The summed E-state index contributed by atoms with van der Waals surface area (Å²) in [5.74, 6) is 0. The van der Waals surface area contributed by atoms with Gasteiger partial charge in [0, 0.05) is 43.6 Å². The molecule has 1 saturated carbocycles. The van der Waals surface area contributed by atoms with Gasteiger partial charge in [0.15, 0.2) is 0 Å². The van der Waals surface area contributed by atoms with Crippen molar-refractivity contribution in [1.82, 2.24) is 9.47 Å². The Balaban J connectivity index is 1.86. The molecule has 2 rings (SSSR count). The van der Waals surface area contributed by atoms with Crippen molar-refractivity contribution in [3.63, 3.8) is 0 Å². The number of aliphatic hydroxyl groups excluding tert-OH is 1. The summed E-state index contributed by atoms with van der Waals surface area (Å²) in [5, 5.41) is 9.25. The molecule has 0 aliphatic heterocycles. The largest absolute Gasteiger partial charge is 0.398 e. The van der Waals surface area contributed by atoms with Crippen molar-refractivity contribution in [3.05, 3.63) is 28.7 Å². The van der Waals surface area contributed by atoms with Crippen LogP contribution in [0.25, 0.3) is 0 Å². The number of aliphatic hydroxyl groups is 1. The van der Waals surface area contributed by atoms with Crippen LogP contribution in [0, 0.1) is 0 Å². The van der Waals surface area contributed by atoms with E-state index in [1.165, 1.54) is 38.2 Å². The van der Waals surface area contributed by atoms with Crippen molar-refractivity contribution >= 4 is 5.69 Å². The summed E-state index contributed by atoms with van der Waals surface area (Å²) in [4.78, 5) is 14.1. The Morgan fingerprint density at radius 3 is 2.71 bits per heavy atom. The summed E-state index contributed by atoms with van der Waals surface area (Å²) in [6.07, 6.45) is 9.00. The number of nitrogens with zero attached hydrogens (tertiary/aromatic N) is 2. The Bertz CT molecular complexity index is 481. The van der Waals surface area contributed by atoms with Gasteiger partial charge in [-0.2, -0.15) is 0 Å². The molecule has 118 valence electrons. The van der Waals surface area contributed by atoms with Gasteiger partial charge in [0.2, 0.25) is 0 Å². The fraction of sp³-hybridized carbons (Fsp3) is 0.688. The first-order valence-corrected chi connectivity index (χ1v) is 8.01. The summed E-state index contributed by atoms with van der Waals surface area (Å²) >= 11 is 0. The number of hydrogen-bond donors (Lipinski definition) is 2. The van der Waals surface area contributed by atoms with E-state index in [9.17, 15) is 9.90 Å². The molecule has 5 nitrogen and oxygen atoms in total. The van der Waals surface area contributed by atoms with Crippen LogP contribution in [0.4, 0.5) is 5.69 Å². The van der Waals surface area contributed by atoms with Gasteiger partial charge in [0.1, 0.15) is 0 Å². The van der Waals surface area contributed by atoms with Crippen LogP contribution in [-0.4, -0.2) is 40.3 Å². The number of nitrogens with two attached hydrogens (primary N) is 1. The lowest BCUT2D eigenvalue weighted by atomic mass is 9.94. The minimum atomic E-state index is -0.00410. The van der Waals surface area contributed by atoms with Crippen LogP contribution < -0.4 is 11.3 Å². The maximum atomic E-state index is 11.7. The van der Waals surface area contributed by atoms with Gasteiger partial charge < -0.3 is 15.4 Å². The topological polar surface area (TPSA) is 71.5 Å². The molecule has 21 heavy (non-hydrogen) atoms. The van der Waals surface area contributed by atoms with Crippen molar-refractivity contribution in [2.45, 2.75) is 51.1 Å². The molecule has 1 aromatic heterocycles. The summed E-state index contributed by atoms with van der Waals surface area (Å²) < 4.78 is 1.67. The summed E-state index contributed by atoms with van der Waals surface area (Å²) in [5.41, 5.74) is 6.34. The van der Waals surface area contributed by atoms with Crippen LogP contribution in [0.3, 0.4) is 0 Å². The quantitative estimate of drug-likeness (QED) is 0.798. The van der Waals surface area contributed by atoms with Crippen molar-refractivity contribution in [1.29, 1.82) is 0 Å². The van der Waals surface area contributed by atoms with E-state index in [4.69, 9.17) is 5.73 Å². The molecule has 1 aliphatic carbocycles. The van der Waals surface area contributed by atoms with Crippen LogP contribution in [0.5, 0.6) is 0 Å². The second-order valence-corrected chi connectivity index (χ2v) is 5.90. The predicted molar refractivity (Wildman–Crippen MR) is 85.3 cm³/mol. The van der Waals surface area contributed by atoms with Crippen molar-refractivity contribution in [2.75, 3.05) is 25.4 Å². The summed E-state index contributed by atoms with van der Waals surface area (Å²) in [6, 6.07) is 3.75. The lowest BCUT2D eigenvalue weighted by Gasteiger charge is -2.34. The lowest BCUT2D eigenvalue weighted by molar-refractivity contribution is 0.121. The maximum Gasteiger partial charge on any atom is 0.250 e. The molecule has 1 heterocycles. The van der Waals surface area contributed by atoms with Gasteiger partial charge in [-0.15, -0.1) is 0 Å². The van der Waals surface area contributed by atoms with Gasteiger partial charge in [0.05, 0.1) is 6.61 Å². The van der Waals surface area contributed by atoms with Crippen molar-refractivity contribution < 1.29 is 5.11 Å². The van der Waals surface area contributed by atoms with E-state index >= 15 is 0 Å². The zero-order chi connectivity index (χ0) is 15.1. The fourth-order valence-corrected chi connectivity index (χ4v) is 3.22. The molecule has 0 spiro atoms. The maximum absolute atomic E-state index is 11.7.